The summed E-state index contributed by atoms with van der Waals surface area (Å²) in [5, 5.41) is 8.51. The zero-order valence-electron chi connectivity index (χ0n) is 6.42. The molecule has 1 rings (SSSR count). The SMILES string of the molecule is COC1(C)CCN(C#N)C1. The highest BCUT2D eigenvalue weighted by Gasteiger charge is 2.32. The number of hydrogen-bond donors (Lipinski definition) is 0. The number of ether oxygens (including phenoxy) is 1. The molecule has 0 bridgehead atoms. The first-order valence-corrected chi connectivity index (χ1v) is 3.40. The second kappa shape index (κ2) is 2.47. The molecule has 0 amide bonds. The van der Waals surface area contributed by atoms with Crippen molar-refractivity contribution in [3.05, 3.63) is 0 Å². The number of methoxy groups -OCH3 is 1. The Hall–Kier alpha value is -0.750. The summed E-state index contributed by atoms with van der Waals surface area (Å²) in [4.78, 5) is 1.73. The van der Waals surface area contributed by atoms with Crippen molar-refractivity contribution in [2.24, 2.45) is 0 Å². The molecule has 1 unspecified atom stereocenters. The third-order valence-corrected chi connectivity index (χ3v) is 2.07. The van der Waals surface area contributed by atoms with Crippen LogP contribution in [0.25, 0.3) is 0 Å². The van der Waals surface area contributed by atoms with Gasteiger partial charge in [0.25, 0.3) is 0 Å². The van der Waals surface area contributed by atoms with Crippen molar-refractivity contribution in [2.75, 3.05) is 20.2 Å². The van der Waals surface area contributed by atoms with Crippen LogP contribution in [-0.2, 0) is 4.74 Å². The van der Waals surface area contributed by atoms with Crippen molar-refractivity contribution in [3.63, 3.8) is 0 Å². The van der Waals surface area contributed by atoms with Crippen molar-refractivity contribution in [1.82, 2.24) is 4.90 Å². The second-order valence-corrected chi connectivity index (χ2v) is 2.93. The fourth-order valence-corrected chi connectivity index (χ4v) is 1.19. The van der Waals surface area contributed by atoms with Crippen molar-refractivity contribution in [3.8, 4) is 6.19 Å². The van der Waals surface area contributed by atoms with E-state index >= 15 is 0 Å². The van der Waals surface area contributed by atoms with Gasteiger partial charge in [0, 0.05) is 13.7 Å². The fourth-order valence-electron chi connectivity index (χ4n) is 1.19. The lowest BCUT2D eigenvalue weighted by Gasteiger charge is -2.20. The maximum absolute atomic E-state index is 8.51. The third kappa shape index (κ3) is 1.22. The molecule has 0 radical (unpaired) electrons. The van der Waals surface area contributed by atoms with E-state index in [2.05, 4.69) is 6.19 Å². The second-order valence-electron chi connectivity index (χ2n) is 2.93. The summed E-state index contributed by atoms with van der Waals surface area (Å²) in [6, 6.07) is 0. The largest absolute Gasteiger partial charge is 0.377 e. The van der Waals surface area contributed by atoms with Crippen molar-refractivity contribution < 1.29 is 4.74 Å². The highest BCUT2D eigenvalue weighted by atomic mass is 16.5. The van der Waals surface area contributed by atoms with Crippen LogP contribution in [0.4, 0.5) is 0 Å². The lowest BCUT2D eigenvalue weighted by atomic mass is 10.1. The molecule has 3 nitrogen and oxygen atoms in total. The zero-order valence-corrected chi connectivity index (χ0v) is 6.42. The molecule has 1 aliphatic heterocycles. The van der Waals surface area contributed by atoms with E-state index in [1.165, 1.54) is 0 Å². The molecule has 0 aromatic heterocycles. The molecule has 1 fully saturated rings. The molecule has 1 saturated heterocycles. The van der Waals surface area contributed by atoms with Gasteiger partial charge in [0.15, 0.2) is 6.19 Å². The molecule has 0 spiro atoms. The van der Waals surface area contributed by atoms with Gasteiger partial charge in [-0.15, -0.1) is 0 Å². The minimum Gasteiger partial charge on any atom is -0.377 e. The Morgan fingerprint density at radius 3 is 2.70 bits per heavy atom. The normalized spacial score (nSPS) is 32.3. The Bertz CT molecular complexity index is 163. The molecule has 1 aliphatic rings. The Balaban J connectivity index is 2.51. The molecule has 0 aliphatic carbocycles. The minimum absolute atomic E-state index is 0.0876. The highest BCUT2D eigenvalue weighted by molar-refractivity contribution is 4.92. The standard InChI is InChI=1S/C7H12N2O/c1-7(10-2)3-4-9(5-7)6-8/h3-5H2,1-2H3. The van der Waals surface area contributed by atoms with Gasteiger partial charge in [0.05, 0.1) is 12.1 Å². The average Bonchev–Trinajstić information content (AvgIpc) is 2.33. The number of likely N-dealkylation sites (tertiary alicyclic amines) is 1. The molecular formula is C7H12N2O. The number of rotatable bonds is 1. The maximum Gasteiger partial charge on any atom is 0.179 e. The van der Waals surface area contributed by atoms with Crippen LogP contribution in [-0.4, -0.2) is 30.7 Å². The summed E-state index contributed by atoms with van der Waals surface area (Å²) >= 11 is 0. The van der Waals surface area contributed by atoms with E-state index in [0.29, 0.717) is 0 Å². The molecule has 3 heteroatoms. The zero-order chi connectivity index (χ0) is 7.61. The summed E-state index contributed by atoms with van der Waals surface area (Å²) in [7, 11) is 1.70. The van der Waals surface area contributed by atoms with Crippen LogP contribution in [0, 0.1) is 11.5 Å². The van der Waals surface area contributed by atoms with Crippen molar-refractivity contribution >= 4 is 0 Å². The van der Waals surface area contributed by atoms with Gasteiger partial charge in [-0.25, -0.2) is 0 Å². The van der Waals surface area contributed by atoms with Crippen LogP contribution in [0.3, 0.4) is 0 Å². The molecule has 0 aromatic carbocycles. The van der Waals surface area contributed by atoms with Gasteiger partial charge >= 0.3 is 0 Å². The van der Waals surface area contributed by atoms with Crippen LogP contribution in [0.1, 0.15) is 13.3 Å². The highest BCUT2D eigenvalue weighted by Crippen LogP contribution is 2.22. The van der Waals surface area contributed by atoms with E-state index in [-0.39, 0.29) is 5.60 Å². The lowest BCUT2D eigenvalue weighted by Crippen LogP contribution is -2.30. The summed E-state index contributed by atoms with van der Waals surface area (Å²) in [5.74, 6) is 0. The van der Waals surface area contributed by atoms with Gasteiger partial charge in [0.1, 0.15) is 0 Å². The quantitative estimate of drug-likeness (QED) is 0.500. The van der Waals surface area contributed by atoms with Gasteiger partial charge in [0.2, 0.25) is 0 Å². The predicted octanol–water partition coefficient (Wildman–Crippen LogP) is 0.578. The number of hydrogen-bond acceptors (Lipinski definition) is 3. The Labute approximate surface area is 61.2 Å². The summed E-state index contributed by atoms with van der Waals surface area (Å²) in [6.07, 6.45) is 3.06. The topological polar surface area (TPSA) is 36.3 Å². The minimum atomic E-state index is -0.0876. The molecule has 0 aromatic rings. The first-order chi connectivity index (χ1) is 4.70. The van der Waals surface area contributed by atoms with Crippen molar-refractivity contribution in [1.29, 1.82) is 5.26 Å². The van der Waals surface area contributed by atoms with Crippen LogP contribution >= 0.6 is 0 Å². The number of nitrogens with zero attached hydrogens (tertiary/aromatic N) is 2. The van der Waals surface area contributed by atoms with Gasteiger partial charge in [-0.2, -0.15) is 5.26 Å². The first kappa shape index (κ1) is 7.36. The van der Waals surface area contributed by atoms with Crippen LogP contribution in [0.2, 0.25) is 0 Å². The Kier molecular flexibility index (Phi) is 1.82. The van der Waals surface area contributed by atoms with Crippen molar-refractivity contribution in [2.45, 2.75) is 18.9 Å². The van der Waals surface area contributed by atoms with E-state index in [1.54, 1.807) is 12.0 Å². The van der Waals surface area contributed by atoms with Gasteiger partial charge < -0.3 is 9.64 Å². The Morgan fingerprint density at radius 2 is 2.40 bits per heavy atom. The van der Waals surface area contributed by atoms with Gasteiger partial charge in [-0.1, -0.05) is 0 Å². The predicted molar refractivity (Wildman–Crippen MR) is 37.2 cm³/mol. The van der Waals surface area contributed by atoms with Crippen LogP contribution < -0.4 is 0 Å². The smallest absolute Gasteiger partial charge is 0.179 e. The monoisotopic (exact) mass is 140 g/mol. The molecule has 1 heterocycles. The Morgan fingerprint density at radius 1 is 1.70 bits per heavy atom. The lowest BCUT2D eigenvalue weighted by molar-refractivity contribution is 0.0185. The molecular weight excluding hydrogens is 128 g/mol. The fraction of sp³-hybridized carbons (Fsp3) is 0.857. The van der Waals surface area contributed by atoms with Gasteiger partial charge in [-0.3, -0.25) is 0 Å². The van der Waals surface area contributed by atoms with E-state index < -0.39 is 0 Å². The van der Waals surface area contributed by atoms with E-state index in [0.717, 1.165) is 19.5 Å². The maximum atomic E-state index is 8.51. The third-order valence-electron chi connectivity index (χ3n) is 2.07. The summed E-state index contributed by atoms with van der Waals surface area (Å²) in [5.41, 5.74) is -0.0876. The van der Waals surface area contributed by atoms with Gasteiger partial charge in [-0.05, 0) is 13.3 Å². The number of nitriles is 1. The summed E-state index contributed by atoms with van der Waals surface area (Å²) in [6.45, 7) is 3.60. The van der Waals surface area contributed by atoms with Crippen LogP contribution in [0.15, 0.2) is 0 Å². The van der Waals surface area contributed by atoms with Crippen LogP contribution in [0.5, 0.6) is 0 Å². The van der Waals surface area contributed by atoms with E-state index in [4.69, 9.17) is 10.00 Å². The first-order valence-electron chi connectivity index (χ1n) is 3.40. The molecule has 0 N–H and O–H groups in total. The molecule has 10 heavy (non-hydrogen) atoms. The van der Waals surface area contributed by atoms with E-state index in [9.17, 15) is 0 Å². The molecule has 0 saturated carbocycles. The molecule has 56 valence electrons. The van der Waals surface area contributed by atoms with E-state index in [1.807, 2.05) is 6.92 Å². The average molecular weight is 140 g/mol. The molecule has 1 atom stereocenters. The summed E-state index contributed by atoms with van der Waals surface area (Å²) < 4.78 is 5.24.